The molecular formula is C21H31ClN2O5S. The van der Waals surface area contributed by atoms with Crippen LogP contribution in [-0.2, 0) is 19.6 Å². The van der Waals surface area contributed by atoms with Crippen LogP contribution in [0, 0.1) is 0 Å². The van der Waals surface area contributed by atoms with Gasteiger partial charge >= 0.3 is 5.97 Å². The van der Waals surface area contributed by atoms with Gasteiger partial charge in [-0.3, -0.25) is 4.79 Å². The summed E-state index contributed by atoms with van der Waals surface area (Å²) in [5.41, 5.74) is -0.0740. The van der Waals surface area contributed by atoms with Gasteiger partial charge in [0.2, 0.25) is 10.0 Å². The number of ether oxygens (including phenoxy) is 1. The van der Waals surface area contributed by atoms with Crippen LogP contribution in [0.15, 0.2) is 23.1 Å². The molecule has 9 heteroatoms. The highest BCUT2D eigenvalue weighted by atomic mass is 35.5. The third-order valence-corrected chi connectivity index (χ3v) is 7.33. The van der Waals surface area contributed by atoms with Crippen LogP contribution in [0.4, 0.5) is 0 Å². The number of carbonyl (C=O) groups excluding carboxylic acids is 2. The van der Waals surface area contributed by atoms with E-state index in [1.54, 1.807) is 4.90 Å². The molecule has 1 fully saturated rings. The molecule has 1 aliphatic rings. The summed E-state index contributed by atoms with van der Waals surface area (Å²) in [5.74, 6) is -1.15. The molecule has 1 atom stereocenters. The van der Waals surface area contributed by atoms with Gasteiger partial charge in [0.1, 0.15) is 0 Å². The Kier molecular flexibility index (Phi) is 8.30. The molecule has 1 aromatic carbocycles. The monoisotopic (exact) mass is 458 g/mol. The first kappa shape index (κ1) is 24.6. The lowest BCUT2D eigenvalue weighted by Gasteiger charge is -2.32. The maximum absolute atomic E-state index is 12.9. The third kappa shape index (κ3) is 5.53. The number of sulfonamides is 1. The number of amides is 1. The smallest absolute Gasteiger partial charge is 0.340 e. The Balaban J connectivity index is 2.23. The number of benzene rings is 1. The van der Waals surface area contributed by atoms with Gasteiger partial charge in [-0.2, -0.15) is 4.31 Å². The topological polar surface area (TPSA) is 84.0 Å². The van der Waals surface area contributed by atoms with Gasteiger partial charge in [0.15, 0.2) is 6.10 Å². The van der Waals surface area contributed by atoms with Crippen molar-refractivity contribution in [3.63, 3.8) is 0 Å². The Morgan fingerprint density at radius 1 is 1.03 bits per heavy atom. The molecule has 1 amide bonds. The molecule has 0 aromatic heterocycles. The first-order valence-corrected chi connectivity index (χ1v) is 12.1. The molecule has 0 aliphatic carbocycles. The number of nitrogens with zero attached hydrogens (tertiary/aromatic N) is 2. The van der Waals surface area contributed by atoms with Gasteiger partial charge in [-0.05, 0) is 65.7 Å². The summed E-state index contributed by atoms with van der Waals surface area (Å²) < 4.78 is 32.6. The van der Waals surface area contributed by atoms with Crippen LogP contribution in [0.1, 0.15) is 64.2 Å². The van der Waals surface area contributed by atoms with Crippen molar-refractivity contribution < 1.29 is 22.7 Å². The highest BCUT2D eigenvalue weighted by molar-refractivity contribution is 7.89. The lowest BCUT2D eigenvalue weighted by molar-refractivity contribution is -0.143. The highest BCUT2D eigenvalue weighted by Gasteiger charge is 2.30. The van der Waals surface area contributed by atoms with Crippen molar-refractivity contribution in [2.75, 3.05) is 13.1 Å². The number of rotatable bonds is 7. The first-order chi connectivity index (χ1) is 14.0. The van der Waals surface area contributed by atoms with Crippen molar-refractivity contribution >= 4 is 33.5 Å². The minimum atomic E-state index is -3.72. The summed E-state index contributed by atoms with van der Waals surface area (Å²) in [6.45, 7) is 9.96. The second kappa shape index (κ2) is 10.1. The molecule has 168 valence electrons. The van der Waals surface area contributed by atoms with Gasteiger partial charge in [-0.15, -0.1) is 0 Å². The first-order valence-electron chi connectivity index (χ1n) is 10.3. The Bertz CT molecular complexity index is 871. The molecule has 0 radical (unpaired) electrons. The van der Waals surface area contributed by atoms with E-state index in [2.05, 4.69) is 0 Å². The number of carbonyl (C=O) groups is 2. The lowest BCUT2D eigenvalue weighted by atomic mass is 10.2. The molecular weight excluding hydrogens is 428 g/mol. The molecule has 1 saturated heterocycles. The van der Waals surface area contributed by atoms with E-state index in [1.807, 2.05) is 27.7 Å². The summed E-state index contributed by atoms with van der Waals surface area (Å²) in [6.07, 6.45) is 1.59. The van der Waals surface area contributed by atoms with E-state index < -0.39 is 22.1 Å². The SMILES string of the molecule is CC(OC(=O)c1cc(S(=O)(=O)N2CCCCC2)ccc1Cl)C(=O)N(C(C)C)C(C)C. The molecule has 2 rings (SSSR count). The molecule has 7 nitrogen and oxygen atoms in total. The minimum Gasteiger partial charge on any atom is -0.449 e. The lowest BCUT2D eigenvalue weighted by Crippen LogP contribution is -2.47. The van der Waals surface area contributed by atoms with E-state index in [0.717, 1.165) is 19.3 Å². The van der Waals surface area contributed by atoms with E-state index in [0.29, 0.717) is 13.1 Å². The molecule has 0 spiro atoms. The van der Waals surface area contributed by atoms with Crippen molar-refractivity contribution in [1.29, 1.82) is 0 Å². The van der Waals surface area contributed by atoms with E-state index in [4.69, 9.17) is 16.3 Å². The van der Waals surface area contributed by atoms with Crippen molar-refractivity contribution in [2.24, 2.45) is 0 Å². The number of piperidine rings is 1. The molecule has 1 aromatic rings. The fourth-order valence-electron chi connectivity index (χ4n) is 3.67. The predicted molar refractivity (Wildman–Crippen MR) is 116 cm³/mol. The van der Waals surface area contributed by atoms with E-state index >= 15 is 0 Å². The predicted octanol–water partition coefficient (Wildman–Crippen LogP) is 3.71. The standard InChI is InChI=1S/C21H31ClN2O5S/c1-14(2)24(15(3)4)20(25)16(5)29-21(26)18-13-17(9-10-19(18)22)30(27,28)23-11-7-6-8-12-23/h9-10,13-16H,6-8,11-12H2,1-5H3. The number of hydrogen-bond donors (Lipinski definition) is 0. The quantitative estimate of drug-likeness (QED) is 0.581. The second-order valence-corrected chi connectivity index (χ2v) is 10.4. The molecule has 0 saturated carbocycles. The van der Waals surface area contributed by atoms with E-state index in [9.17, 15) is 18.0 Å². The summed E-state index contributed by atoms with van der Waals surface area (Å²) in [6, 6.07) is 3.88. The van der Waals surface area contributed by atoms with Crippen LogP contribution < -0.4 is 0 Å². The summed E-state index contributed by atoms with van der Waals surface area (Å²) in [4.78, 5) is 27.1. The molecule has 1 unspecified atom stereocenters. The van der Waals surface area contributed by atoms with Gasteiger partial charge in [-0.25, -0.2) is 13.2 Å². The normalized spacial score (nSPS) is 16.5. The van der Waals surface area contributed by atoms with Crippen LogP contribution in [-0.4, -0.2) is 60.8 Å². The number of hydrogen-bond acceptors (Lipinski definition) is 5. The molecule has 30 heavy (non-hydrogen) atoms. The zero-order valence-corrected chi connectivity index (χ0v) is 19.8. The van der Waals surface area contributed by atoms with Crippen LogP contribution >= 0.6 is 11.6 Å². The fraction of sp³-hybridized carbons (Fsp3) is 0.619. The second-order valence-electron chi connectivity index (χ2n) is 8.09. The zero-order valence-electron chi connectivity index (χ0n) is 18.2. The number of esters is 1. The highest BCUT2D eigenvalue weighted by Crippen LogP contribution is 2.26. The van der Waals surface area contributed by atoms with E-state index in [1.165, 1.54) is 29.4 Å². The van der Waals surface area contributed by atoms with Gasteiger partial charge in [-0.1, -0.05) is 18.0 Å². The van der Waals surface area contributed by atoms with Crippen molar-refractivity contribution in [3.05, 3.63) is 28.8 Å². The van der Waals surface area contributed by atoms with Crippen molar-refractivity contribution in [2.45, 2.75) is 77.0 Å². The van der Waals surface area contributed by atoms with Gasteiger partial charge in [0, 0.05) is 25.2 Å². The number of halogens is 1. The maximum Gasteiger partial charge on any atom is 0.340 e. The fourth-order valence-corrected chi connectivity index (χ4v) is 5.40. The Morgan fingerprint density at radius 3 is 2.13 bits per heavy atom. The summed E-state index contributed by atoms with van der Waals surface area (Å²) in [5, 5.41) is 0.0711. The minimum absolute atomic E-state index is 0.00860. The zero-order chi connectivity index (χ0) is 22.6. The molecule has 0 bridgehead atoms. The summed E-state index contributed by atoms with van der Waals surface area (Å²) in [7, 11) is -3.72. The Hall–Kier alpha value is -1.64. The summed E-state index contributed by atoms with van der Waals surface area (Å²) >= 11 is 6.15. The van der Waals surface area contributed by atoms with Crippen LogP contribution in [0.3, 0.4) is 0 Å². The van der Waals surface area contributed by atoms with Crippen LogP contribution in [0.5, 0.6) is 0 Å². The Labute approximate surface area is 184 Å². The van der Waals surface area contributed by atoms with Crippen molar-refractivity contribution in [1.82, 2.24) is 9.21 Å². The van der Waals surface area contributed by atoms with Crippen LogP contribution in [0.2, 0.25) is 5.02 Å². The Morgan fingerprint density at radius 2 is 1.60 bits per heavy atom. The average Bonchev–Trinajstić information content (AvgIpc) is 2.68. The molecule has 1 heterocycles. The van der Waals surface area contributed by atoms with Crippen LogP contribution in [0.25, 0.3) is 0 Å². The molecule has 0 N–H and O–H groups in total. The van der Waals surface area contributed by atoms with Gasteiger partial charge in [0.25, 0.3) is 5.91 Å². The maximum atomic E-state index is 12.9. The average molecular weight is 459 g/mol. The largest absolute Gasteiger partial charge is 0.449 e. The third-order valence-electron chi connectivity index (χ3n) is 5.11. The molecule has 1 aliphatic heterocycles. The van der Waals surface area contributed by atoms with Crippen molar-refractivity contribution in [3.8, 4) is 0 Å². The van der Waals surface area contributed by atoms with E-state index in [-0.39, 0.29) is 33.5 Å². The van der Waals surface area contributed by atoms with Gasteiger partial charge in [0.05, 0.1) is 15.5 Å². The van der Waals surface area contributed by atoms with Gasteiger partial charge < -0.3 is 9.64 Å².